The predicted octanol–water partition coefficient (Wildman–Crippen LogP) is 4.14. The first-order valence-corrected chi connectivity index (χ1v) is 6.63. The van der Waals surface area contributed by atoms with Crippen LogP contribution in [-0.2, 0) is 0 Å². The predicted molar refractivity (Wildman–Crippen MR) is 64.1 cm³/mol. The zero-order valence-electron chi connectivity index (χ0n) is 10.4. The summed E-state index contributed by atoms with van der Waals surface area (Å²) in [6.45, 7) is -0.266. The molecule has 18 heavy (non-hydrogen) atoms. The molecule has 0 aromatic carbocycles. The Balaban J connectivity index is 2.31. The first-order chi connectivity index (χ1) is 8.52. The van der Waals surface area contributed by atoms with E-state index in [1.54, 1.807) is 0 Å². The van der Waals surface area contributed by atoms with Crippen LogP contribution in [0, 0.1) is 5.92 Å². The van der Waals surface area contributed by atoms with Crippen LogP contribution in [-0.4, -0.2) is 17.9 Å². The van der Waals surface area contributed by atoms with E-state index in [9.17, 15) is 13.2 Å². The summed E-state index contributed by atoms with van der Waals surface area (Å²) in [5.41, 5.74) is 0.603. The highest BCUT2D eigenvalue weighted by molar-refractivity contribution is 5.38. The van der Waals surface area contributed by atoms with E-state index in [4.69, 9.17) is 5.11 Å². The number of hydrogen-bond acceptors (Lipinski definition) is 1. The molecule has 0 aromatic rings. The Hall–Kier alpha value is -0.770. The number of aliphatic hydroxyl groups excluding tert-OH is 1. The van der Waals surface area contributed by atoms with Gasteiger partial charge in [-0.3, -0.25) is 0 Å². The number of aliphatic hydroxyl groups is 1. The van der Waals surface area contributed by atoms with Crippen molar-refractivity contribution in [3.63, 3.8) is 0 Å². The highest BCUT2D eigenvalue weighted by Crippen LogP contribution is 2.42. The molecular formula is C14H19F3O. The second-order valence-corrected chi connectivity index (χ2v) is 5.23. The molecule has 1 N–H and O–H groups in total. The summed E-state index contributed by atoms with van der Waals surface area (Å²) in [5.74, 6) is 0.104. The van der Waals surface area contributed by atoms with Gasteiger partial charge in [0.15, 0.2) is 0 Å². The molecular weight excluding hydrogens is 241 g/mol. The second kappa shape index (κ2) is 5.47. The van der Waals surface area contributed by atoms with Crippen molar-refractivity contribution < 1.29 is 18.3 Å². The number of alkyl halides is 3. The molecule has 2 aliphatic rings. The summed E-state index contributed by atoms with van der Waals surface area (Å²) < 4.78 is 39.2. The SMILES string of the molecule is OCC1=CC(C(F)(F)F)=C(C2CCCCC2)CC1. The minimum absolute atomic E-state index is 0.104. The molecule has 0 aliphatic heterocycles. The summed E-state index contributed by atoms with van der Waals surface area (Å²) in [6.07, 6.45) is 2.91. The van der Waals surface area contributed by atoms with Gasteiger partial charge in [0, 0.05) is 0 Å². The minimum atomic E-state index is -4.28. The van der Waals surface area contributed by atoms with Gasteiger partial charge in [-0.15, -0.1) is 0 Å². The average molecular weight is 260 g/mol. The summed E-state index contributed by atoms with van der Waals surface area (Å²) in [6, 6.07) is 0. The molecule has 0 saturated heterocycles. The molecule has 0 radical (unpaired) electrons. The van der Waals surface area contributed by atoms with Gasteiger partial charge in [0.2, 0.25) is 0 Å². The molecule has 2 aliphatic carbocycles. The van der Waals surface area contributed by atoms with Crippen molar-refractivity contribution in [1.29, 1.82) is 0 Å². The van der Waals surface area contributed by atoms with Gasteiger partial charge in [-0.25, -0.2) is 0 Å². The molecule has 0 heterocycles. The maximum absolute atomic E-state index is 13.1. The number of rotatable bonds is 2. The van der Waals surface area contributed by atoms with Crippen LogP contribution in [0.1, 0.15) is 44.9 Å². The Bertz CT molecular complexity index is 360. The third-order valence-corrected chi connectivity index (χ3v) is 4.02. The Labute approximate surface area is 105 Å². The smallest absolute Gasteiger partial charge is 0.392 e. The van der Waals surface area contributed by atoms with Crippen LogP contribution in [0.3, 0.4) is 0 Å². The Morgan fingerprint density at radius 1 is 1.11 bits per heavy atom. The zero-order valence-corrected chi connectivity index (χ0v) is 10.4. The topological polar surface area (TPSA) is 20.2 Å². The van der Waals surface area contributed by atoms with E-state index in [1.165, 1.54) is 6.08 Å². The standard InChI is InChI=1S/C14H19F3O/c15-14(16,17)13-8-10(9-18)6-7-12(13)11-4-2-1-3-5-11/h8,11,18H,1-7,9H2. The Morgan fingerprint density at radius 2 is 1.78 bits per heavy atom. The lowest BCUT2D eigenvalue weighted by Crippen LogP contribution is -2.21. The summed E-state index contributed by atoms with van der Waals surface area (Å²) in [5, 5.41) is 9.01. The van der Waals surface area contributed by atoms with Gasteiger partial charge < -0.3 is 5.11 Å². The lowest BCUT2D eigenvalue weighted by molar-refractivity contribution is -0.0901. The van der Waals surface area contributed by atoms with E-state index in [0.717, 1.165) is 32.1 Å². The van der Waals surface area contributed by atoms with Crippen LogP contribution in [0.2, 0.25) is 0 Å². The lowest BCUT2D eigenvalue weighted by atomic mass is 9.77. The molecule has 4 heteroatoms. The van der Waals surface area contributed by atoms with Crippen LogP contribution in [0.15, 0.2) is 22.8 Å². The molecule has 102 valence electrons. The molecule has 0 atom stereocenters. The van der Waals surface area contributed by atoms with E-state index in [0.29, 0.717) is 24.0 Å². The maximum Gasteiger partial charge on any atom is 0.416 e. The highest BCUT2D eigenvalue weighted by Gasteiger charge is 2.38. The summed E-state index contributed by atoms with van der Waals surface area (Å²) in [7, 11) is 0. The van der Waals surface area contributed by atoms with Crippen molar-refractivity contribution in [2.24, 2.45) is 5.92 Å². The van der Waals surface area contributed by atoms with Crippen molar-refractivity contribution in [3.05, 3.63) is 22.8 Å². The largest absolute Gasteiger partial charge is 0.416 e. The van der Waals surface area contributed by atoms with E-state index < -0.39 is 11.7 Å². The Morgan fingerprint density at radius 3 is 2.33 bits per heavy atom. The van der Waals surface area contributed by atoms with Crippen LogP contribution in [0.25, 0.3) is 0 Å². The first kappa shape index (κ1) is 13.7. The molecule has 0 unspecified atom stereocenters. The first-order valence-electron chi connectivity index (χ1n) is 6.63. The second-order valence-electron chi connectivity index (χ2n) is 5.23. The van der Waals surface area contributed by atoms with Gasteiger partial charge in [0.25, 0.3) is 0 Å². The molecule has 1 fully saturated rings. The van der Waals surface area contributed by atoms with Crippen molar-refractivity contribution in [2.75, 3.05) is 6.61 Å². The third kappa shape index (κ3) is 2.97. The van der Waals surface area contributed by atoms with Crippen LogP contribution < -0.4 is 0 Å². The normalized spacial score (nSPS) is 23.2. The van der Waals surface area contributed by atoms with E-state index in [2.05, 4.69) is 0 Å². The fraction of sp³-hybridized carbons (Fsp3) is 0.714. The van der Waals surface area contributed by atoms with Crippen molar-refractivity contribution in [2.45, 2.75) is 51.1 Å². The molecule has 1 nitrogen and oxygen atoms in total. The fourth-order valence-corrected chi connectivity index (χ4v) is 3.06. The van der Waals surface area contributed by atoms with E-state index in [-0.39, 0.29) is 12.5 Å². The zero-order chi connectivity index (χ0) is 13.2. The van der Waals surface area contributed by atoms with Gasteiger partial charge in [0.1, 0.15) is 0 Å². The minimum Gasteiger partial charge on any atom is -0.392 e. The monoisotopic (exact) mass is 260 g/mol. The fourth-order valence-electron chi connectivity index (χ4n) is 3.06. The van der Waals surface area contributed by atoms with Gasteiger partial charge in [0.05, 0.1) is 12.2 Å². The van der Waals surface area contributed by atoms with Gasteiger partial charge >= 0.3 is 6.18 Å². The highest BCUT2D eigenvalue weighted by atomic mass is 19.4. The van der Waals surface area contributed by atoms with Crippen LogP contribution >= 0.6 is 0 Å². The number of halogens is 3. The van der Waals surface area contributed by atoms with Crippen LogP contribution in [0.5, 0.6) is 0 Å². The molecule has 0 amide bonds. The third-order valence-electron chi connectivity index (χ3n) is 4.02. The summed E-state index contributed by atoms with van der Waals surface area (Å²) >= 11 is 0. The molecule has 0 spiro atoms. The molecule has 0 bridgehead atoms. The maximum atomic E-state index is 13.1. The van der Waals surface area contributed by atoms with E-state index in [1.807, 2.05) is 0 Å². The van der Waals surface area contributed by atoms with Crippen molar-refractivity contribution in [1.82, 2.24) is 0 Å². The van der Waals surface area contributed by atoms with E-state index >= 15 is 0 Å². The Kier molecular flexibility index (Phi) is 4.15. The van der Waals surface area contributed by atoms with Gasteiger partial charge in [-0.05, 0) is 43.3 Å². The number of hydrogen-bond donors (Lipinski definition) is 1. The van der Waals surface area contributed by atoms with Gasteiger partial charge in [-0.1, -0.05) is 24.8 Å². The average Bonchev–Trinajstić information content (AvgIpc) is 2.38. The molecule has 1 saturated carbocycles. The van der Waals surface area contributed by atoms with Crippen LogP contribution in [0.4, 0.5) is 13.2 Å². The van der Waals surface area contributed by atoms with Crippen molar-refractivity contribution in [3.8, 4) is 0 Å². The molecule has 0 aromatic heterocycles. The lowest BCUT2D eigenvalue weighted by Gasteiger charge is -2.30. The number of allylic oxidation sites excluding steroid dienone is 3. The summed E-state index contributed by atoms with van der Waals surface area (Å²) in [4.78, 5) is 0. The van der Waals surface area contributed by atoms with Gasteiger partial charge in [-0.2, -0.15) is 13.2 Å². The van der Waals surface area contributed by atoms with Crippen molar-refractivity contribution >= 4 is 0 Å². The molecule has 2 rings (SSSR count). The quantitative estimate of drug-likeness (QED) is 0.791.